The van der Waals surface area contributed by atoms with Crippen molar-refractivity contribution in [2.45, 2.75) is 13.2 Å². The third kappa shape index (κ3) is 2.93. The second kappa shape index (κ2) is 5.93. The molecule has 1 rings (SSSR count). The quantitative estimate of drug-likeness (QED) is 0.825. The molecule has 0 amide bonds. The summed E-state index contributed by atoms with van der Waals surface area (Å²) >= 11 is 0. The number of carbonyl (C=O) groups is 1. The van der Waals surface area contributed by atoms with Gasteiger partial charge in [-0.15, -0.1) is 0 Å². The average molecular weight is 257 g/mol. The van der Waals surface area contributed by atoms with Gasteiger partial charge in [0.1, 0.15) is 11.3 Å². The topological polar surface area (TPSA) is 79.6 Å². The number of hydrogen-bond donors (Lipinski definition) is 1. The van der Waals surface area contributed by atoms with Crippen LogP contribution in [0.25, 0.3) is 0 Å². The molecular formula is C11H9F2NO4. The Bertz CT molecular complexity index is 497. The standard InChI is InChI=1S/C11H9F2NO4/c1-17-10(16)8-3-6(4-14)2-7(5-15)9(8)18-11(12)13/h2-3,11,15H,5H2,1H3. The third-order valence-electron chi connectivity index (χ3n) is 2.08. The highest BCUT2D eigenvalue weighted by Crippen LogP contribution is 2.28. The molecule has 0 heterocycles. The van der Waals surface area contributed by atoms with E-state index in [0.717, 1.165) is 19.2 Å². The van der Waals surface area contributed by atoms with E-state index in [-0.39, 0.29) is 16.7 Å². The molecule has 0 aliphatic heterocycles. The largest absolute Gasteiger partial charge is 0.465 e. The lowest BCUT2D eigenvalue weighted by Gasteiger charge is -2.13. The van der Waals surface area contributed by atoms with Crippen LogP contribution in [0.3, 0.4) is 0 Å². The van der Waals surface area contributed by atoms with Crippen LogP contribution in [0.4, 0.5) is 8.78 Å². The second-order valence-corrected chi connectivity index (χ2v) is 3.15. The highest BCUT2D eigenvalue weighted by molar-refractivity contribution is 5.93. The molecule has 0 saturated carbocycles. The lowest BCUT2D eigenvalue weighted by Crippen LogP contribution is -2.12. The molecule has 0 radical (unpaired) electrons. The minimum atomic E-state index is -3.16. The van der Waals surface area contributed by atoms with Crippen molar-refractivity contribution in [1.29, 1.82) is 5.26 Å². The van der Waals surface area contributed by atoms with Gasteiger partial charge in [0.25, 0.3) is 0 Å². The number of ether oxygens (including phenoxy) is 2. The maximum atomic E-state index is 12.2. The molecule has 7 heteroatoms. The number of benzene rings is 1. The molecule has 1 N–H and O–H groups in total. The molecular weight excluding hydrogens is 248 g/mol. The fourth-order valence-corrected chi connectivity index (χ4v) is 1.36. The molecule has 0 aromatic heterocycles. The molecule has 1 aromatic carbocycles. The summed E-state index contributed by atoms with van der Waals surface area (Å²) in [6, 6.07) is 3.95. The fourth-order valence-electron chi connectivity index (χ4n) is 1.36. The first-order valence-corrected chi connectivity index (χ1v) is 4.74. The normalized spacial score (nSPS) is 10.0. The number of nitriles is 1. The van der Waals surface area contributed by atoms with Crippen molar-refractivity contribution < 1.29 is 28.2 Å². The molecule has 0 bridgehead atoms. The number of aliphatic hydroxyl groups is 1. The van der Waals surface area contributed by atoms with E-state index < -0.39 is 24.9 Å². The number of esters is 1. The van der Waals surface area contributed by atoms with Crippen LogP contribution in [0.2, 0.25) is 0 Å². The van der Waals surface area contributed by atoms with Gasteiger partial charge in [0, 0.05) is 5.56 Å². The van der Waals surface area contributed by atoms with Crippen LogP contribution in [0.1, 0.15) is 21.5 Å². The van der Waals surface area contributed by atoms with E-state index in [1.165, 1.54) is 0 Å². The molecule has 1 aromatic rings. The van der Waals surface area contributed by atoms with E-state index in [2.05, 4.69) is 9.47 Å². The number of methoxy groups -OCH3 is 1. The van der Waals surface area contributed by atoms with E-state index in [9.17, 15) is 13.6 Å². The molecule has 0 atom stereocenters. The predicted molar refractivity (Wildman–Crippen MR) is 55.1 cm³/mol. The van der Waals surface area contributed by atoms with Crippen molar-refractivity contribution in [1.82, 2.24) is 0 Å². The van der Waals surface area contributed by atoms with Crippen LogP contribution >= 0.6 is 0 Å². The second-order valence-electron chi connectivity index (χ2n) is 3.15. The van der Waals surface area contributed by atoms with E-state index in [1.807, 2.05) is 0 Å². The molecule has 96 valence electrons. The summed E-state index contributed by atoms with van der Waals surface area (Å²) in [7, 11) is 1.06. The fraction of sp³-hybridized carbons (Fsp3) is 0.273. The van der Waals surface area contributed by atoms with Gasteiger partial charge in [-0.3, -0.25) is 0 Å². The molecule has 0 fully saturated rings. The van der Waals surface area contributed by atoms with Crippen LogP contribution in [0.15, 0.2) is 12.1 Å². The Morgan fingerprint density at radius 3 is 2.67 bits per heavy atom. The first kappa shape index (κ1) is 13.9. The maximum Gasteiger partial charge on any atom is 0.387 e. The molecule has 18 heavy (non-hydrogen) atoms. The Morgan fingerprint density at radius 2 is 2.22 bits per heavy atom. The average Bonchev–Trinajstić information content (AvgIpc) is 2.37. The highest BCUT2D eigenvalue weighted by Gasteiger charge is 2.21. The van der Waals surface area contributed by atoms with E-state index in [4.69, 9.17) is 10.4 Å². The van der Waals surface area contributed by atoms with Crippen LogP contribution in [-0.4, -0.2) is 24.8 Å². The van der Waals surface area contributed by atoms with Crippen LogP contribution in [0.5, 0.6) is 5.75 Å². The van der Waals surface area contributed by atoms with Crippen molar-refractivity contribution in [2.24, 2.45) is 0 Å². The van der Waals surface area contributed by atoms with Gasteiger partial charge in [-0.1, -0.05) is 0 Å². The zero-order valence-electron chi connectivity index (χ0n) is 9.31. The molecule has 0 aliphatic rings. The lowest BCUT2D eigenvalue weighted by molar-refractivity contribution is -0.0515. The van der Waals surface area contributed by atoms with Crippen LogP contribution in [0, 0.1) is 11.3 Å². The first-order chi connectivity index (χ1) is 8.53. The van der Waals surface area contributed by atoms with E-state index >= 15 is 0 Å². The number of halogens is 2. The Labute approximate surface area is 101 Å². The van der Waals surface area contributed by atoms with Crippen molar-refractivity contribution in [2.75, 3.05) is 7.11 Å². The molecule has 0 unspecified atom stereocenters. The molecule has 0 spiro atoms. The van der Waals surface area contributed by atoms with Gasteiger partial charge in [0.05, 0.1) is 25.3 Å². The predicted octanol–water partition coefficient (Wildman–Crippen LogP) is 1.44. The SMILES string of the molecule is COC(=O)c1cc(C#N)cc(CO)c1OC(F)F. The van der Waals surface area contributed by atoms with Crippen molar-refractivity contribution in [3.05, 3.63) is 28.8 Å². The smallest absolute Gasteiger partial charge is 0.387 e. The van der Waals surface area contributed by atoms with Gasteiger partial charge >= 0.3 is 12.6 Å². The number of hydrogen-bond acceptors (Lipinski definition) is 5. The molecule has 0 aliphatic carbocycles. The van der Waals surface area contributed by atoms with Crippen LogP contribution < -0.4 is 4.74 Å². The van der Waals surface area contributed by atoms with Crippen molar-refractivity contribution in [3.63, 3.8) is 0 Å². The number of rotatable bonds is 4. The van der Waals surface area contributed by atoms with Crippen molar-refractivity contribution in [3.8, 4) is 11.8 Å². The van der Waals surface area contributed by atoms with Gasteiger partial charge in [0.2, 0.25) is 0 Å². The monoisotopic (exact) mass is 257 g/mol. The Balaban J connectivity index is 3.42. The number of aliphatic hydroxyl groups excluding tert-OH is 1. The summed E-state index contributed by atoms with van der Waals surface area (Å²) < 4.78 is 33.1. The lowest BCUT2D eigenvalue weighted by atomic mass is 10.0. The zero-order valence-corrected chi connectivity index (χ0v) is 9.31. The van der Waals surface area contributed by atoms with Crippen molar-refractivity contribution >= 4 is 5.97 Å². The molecule has 0 saturated heterocycles. The number of nitrogens with zero attached hydrogens (tertiary/aromatic N) is 1. The summed E-state index contributed by atoms with van der Waals surface area (Å²) in [5.74, 6) is -1.42. The number of carbonyl (C=O) groups excluding carboxylic acids is 1. The third-order valence-corrected chi connectivity index (χ3v) is 2.08. The highest BCUT2D eigenvalue weighted by atomic mass is 19.3. The Hall–Kier alpha value is -2.20. The van der Waals surface area contributed by atoms with E-state index in [0.29, 0.717) is 0 Å². The van der Waals surface area contributed by atoms with Gasteiger partial charge < -0.3 is 14.6 Å². The minimum Gasteiger partial charge on any atom is -0.465 e. The summed E-state index contributed by atoms with van der Waals surface area (Å²) in [5.41, 5.74) is -0.392. The first-order valence-electron chi connectivity index (χ1n) is 4.74. The Kier molecular flexibility index (Phi) is 4.57. The van der Waals surface area contributed by atoms with Gasteiger partial charge in [-0.25, -0.2) is 4.79 Å². The van der Waals surface area contributed by atoms with E-state index in [1.54, 1.807) is 6.07 Å². The minimum absolute atomic E-state index is 0.0288. The Morgan fingerprint density at radius 1 is 1.56 bits per heavy atom. The van der Waals surface area contributed by atoms with Crippen LogP contribution in [-0.2, 0) is 11.3 Å². The summed E-state index contributed by atoms with van der Waals surface area (Å²) in [5, 5.41) is 17.8. The van der Waals surface area contributed by atoms with Gasteiger partial charge in [0.15, 0.2) is 0 Å². The summed E-state index contributed by atoms with van der Waals surface area (Å²) in [4.78, 5) is 11.4. The summed E-state index contributed by atoms with van der Waals surface area (Å²) in [6.45, 7) is -3.81. The summed E-state index contributed by atoms with van der Waals surface area (Å²) in [6.07, 6.45) is 0. The number of alkyl halides is 2. The van der Waals surface area contributed by atoms with Gasteiger partial charge in [-0.2, -0.15) is 14.0 Å². The molecule has 5 nitrogen and oxygen atoms in total. The van der Waals surface area contributed by atoms with Gasteiger partial charge in [-0.05, 0) is 12.1 Å². The zero-order chi connectivity index (χ0) is 13.7. The maximum absolute atomic E-state index is 12.2.